The van der Waals surface area contributed by atoms with E-state index in [2.05, 4.69) is 29.4 Å². The van der Waals surface area contributed by atoms with Crippen molar-refractivity contribution in [3.8, 4) is 0 Å². The predicted octanol–water partition coefficient (Wildman–Crippen LogP) is 3.15. The molecule has 1 amide bonds. The molecule has 1 aromatic rings. The highest BCUT2D eigenvalue weighted by atomic mass is 16.5. The summed E-state index contributed by atoms with van der Waals surface area (Å²) in [4.78, 5) is 13.8. The fourth-order valence-corrected chi connectivity index (χ4v) is 2.54. The zero-order chi connectivity index (χ0) is 15.2. The van der Waals surface area contributed by atoms with E-state index in [0.29, 0.717) is 18.7 Å². The van der Waals surface area contributed by atoms with Gasteiger partial charge in [0.05, 0.1) is 6.61 Å². The van der Waals surface area contributed by atoms with Crippen LogP contribution >= 0.6 is 0 Å². The molecule has 5 nitrogen and oxygen atoms in total. The Morgan fingerprint density at radius 1 is 1.33 bits per heavy atom. The third kappa shape index (κ3) is 4.63. The van der Waals surface area contributed by atoms with Gasteiger partial charge in [-0.2, -0.15) is 0 Å². The second-order valence-electron chi connectivity index (χ2n) is 5.64. The van der Waals surface area contributed by atoms with Crippen molar-refractivity contribution in [2.24, 2.45) is 0 Å². The molecular formula is C16H25N3O2. The van der Waals surface area contributed by atoms with Crippen LogP contribution in [-0.2, 0) is 4.74 Å². The maximum atomic E-state index is 11.3. The summed E-state index contributed by atoms with van der Waals surface area (Å²) in [6.07, 6.45) is 0.752. The molecule has 0 aromatic heterocycles. The van der Waals surface area contributed by atoms with E-state index in [9.17, 15) is 4.79 Å². The normalized spacial score (nSPS) is 18.8. The van der Waals surface area contributed by atoms with Crippen molar-refractivity contribution in [2.75, 3.05) is 30.3 Å². The van der Waals surface area contributed by atoms with Crippen LogP contribution in [0.1, 0.15) is 27.2 Å². The smallest absolute Gasteiger partial charge is 0.411 e. The van der Waals surface area contributed by atoms with Gasteiger partial charge in [0.1, 0.15) is 0 Å². The number of carbonyl (C=O) groups excluding carboxylic acids is 1. The van der Waals surface area contributed by atoms with Crippen molar-refractivity contribution in [3.63, 3.8) is 0 Å². The maximum Gasteiger partial charge on any atom is 0.411 e. The van der Waals surface area contributed by atoms with Crippen molar-refractivity contribution >= 4 is 17.5 Å². The summed E-state index contributed by atoms with van der Waals surface area (Å²) >= 11 is 0. The topological polar surface area (TPSA) is 53.6 Å². The monoisotopic (exact) mass is 291 g/mol. The average Bonchev–Trinajstić information content (AvgIpc) is 2.90. The Hall–Kier alpha value is -1.75. The van der Waals surface area contributed by atoms with Gasteiger partial charge in [-0.05, 0) is 51.5 Å². The first-order valence-corrected chi connectivity index (χ1v) is 7.63. The van der Waals surface area contributed by atoms with Crippen LogP contribution in [0.4, 0.5) is 16.2 Å². The number of hydrogen-bond acceptors (Lipinski definition) is 4. The molecule has 2 rings (SSSR count). The van der Waals surface area contributed by atoms with Crippen LogP contribution in [0.2, 0.25) is 0 Å². The lowest BCUT2D eigenvalue weighted by Gasteiger charge is -2.21. The van der Waals surface area contributed by atoms with Crippen LogP contribution in [0.15, 0.2) is 24.3 Å². The summed E-state index contributed by atoms with van der Waals surface area (Å²) in [6, 6.07) is 8.84. The number of amides is 1. The van der Waals surface area contributed by atoms with Crippen LogP contribution in [0.3, 0.4) is 0 Å². The summed E-state index contributed by atoms with van der Waals surface area (Å²) in [7, 11) is 0. The summed E-state index contributed by atoms with van der Waals surface area (Å²) < 4.78 is 4.85. The number of ether oxygens (including phenoxy) is 1. The van der Waals surface area contributed by atoms with Crippen molar-refractivity contribution in [2.45, 2.75) is 39.3 Å². The van der Waals surface area contributed by atoms with Crippen LogP contribution in [0.5, 0.6) is 0 Å². The third-order valence-electron chi connectivity index (χ3n) is 3.73. The molecule has 0 bridgehead atoms. The highest BCUT2D eigenvalue weighted by Crippen LogP contribution is 2.19. The second kappa shape index (κ2) is 7.31. The van der Waals surface area contributed by atoms with Gasteiger partial charge in [0.2, 0.25) is 0 Å². The first-order chi connectivity index (χ1) is 10.1. The lowest BCUT2D eigenvalue weighted by atomic mass is 10.2. The molecule has 0 spiro atoms. The standard InChI is InChI=1S/C16H25N3O2/c1-4-21-16(20)18-14-7-5-13(6-8-14)17-15-9-10-19(11-15)12(2)3/h5-8,12,15,17H,4,9-11H2,1-3H3,(H,18,20). The minimum absolute atomic E-state index is 0.375. The molecule has 0 aliphatic carbocycles. The Labute approximate surface area is 126 Å². The molecule has 1 aromatic carbocycles. The molecule has 5 heteroatoms. The molecule has 116 valence electrons. The maximum absolute atomic E-state index is 11.3. The van der Waals surface area contributed by atoms with Gasteiger partial charge in [-0.3, -0.25) is 10.2 Å². The number of benzene rings is 1. The van der Waals surface area contributed by atoms with E-state index < -0.39 is 6.09 Å². The van der Waals surface area contributed by atoms with E-state index in [1.54, 1.807) is 6.92 Å². The van der Waals surface area contributed by atoms with Crippen molar-refractivity contribution in [3.05, 3.63) is 24.3 Å². The number of anilines is 2. The molecule has 1 aliphatic rings. The Kier molecular flexibility index (Phi) is 5.44. The Morgan fingerprint density at radius 3 is 2.57 bits per heavy atom. The summed E-state index contributed by atoms with van der Waals surface area (Å²) in [5, 5.41) is 6.23. The number of nitrogens with zero attached hydrogens (tertiary/aromatic N) is 1. The molecule has 1 heterocycles. The summed E-state index contributed by atoms with van der Waals surface area (Å²) in [5.74, 6) is 0. The van der Waals surface area contributed by atoms with Gasteiger partial charge in [-0.25, -0.2) is 4.79 Å². The van der Waals surface area contributed by atoms with E-state index in [1.807, 2.05) is 24.3 Å². The minimum atomic E-state index is -0.415. The molecule has 2 N–H and O–H groups in total. The van der Waals surface area contributed by atoms with Crippen LogP contribution in [-0.4, -0.2) is 42.8 Å². The molecule has 1 atom stereocenters. The van der Waals surface area contributed by atoms with Crippen molar-refractivity contribution in [1.82, 2.24) is 4.90 Å². The quantitative estimate of drug-likeness (QED) is 0.875. The van der Waals surface area contributed by atoms with Crippen LogP contribution in [0, 0.1) is 0 Å². The van der Waals surface area contributed by atoms with Gasteiger partial charge in [-0.1, -0.05) is 0 Å². The van der Waals surface area contributed by atoms with Crippen molar-refractivity contribution in [1.29, 1.82) is 0 Å². The first kappa shape index (κ1) is 15.6. The molecule has 1 aliphatic heterocycles. The van der Waals surface area contributed by atoms with Crippen LogP contribution < -0.4 is 10.6 Å². The number of carbonyl (C=O) groups is 1. The Balaban J connectivity index is 1.84. The highest BCUT2D eigenvalue weighted by Gasteiger charge is 2.23. The van der Waals surface area contributed by atoms with Gasteiger partial charge in [-0.15, -0.1) is 0 Å². The summed E-state index contributed by atoms with van der Waals surface area (Å²) in [6.45, 7) is 8.86. The molecule has 0 radical (unpaired) electrons. The number of likely N-dealkylation sites (tertiary alicyclic amines) is 1. The van der Waals surface area contributed by atoms with Crippen LogP contribution in [0.25, 0.3) is 0 Å². The molecular weight excluding hydrogens is 266 g/mol. The fourth-order valence-electron chi connectivity index (χ4n) is 2.54. The van der Waals surface area contributed by atoms with Gasteiger partial charge in [0.25, 0.3) is 0 Å². The largest absolute Gasteiger partial charge is 0.450 e. The predicted molar refractivity (Wildman–Crippen MR) is 85.8 cm³/mol. The SMILES string of the molecule is CCOC(=O)Nc1ccc(NC2CCN(C(C)C)C2)cc1. The van der Waals surface area contributed by atoms with E-state index in [1.165, 1.54) is 6.42 Å². The van der Waals surface area contributed by atoms with Gasteiger partial charge >= 0.3 is 6.09 Å². The fraction of sp³-hybridized carbons (Fsp3) is 0.562. The van der Waals surface area contributed by atoms with E-state index in [0.717, 1.165) is 24.5 Å². The Morgan fingerprint density at radius 2 is 2.00 bits per heavy atom. The highest BCUT2D eigenvalue weighted by molar-refractivity contribution is 5.84. The number of rotatable bonds is 5. The molecule has 0 saturated carbocycles. The minimum Gasteiger partial charge on any atom is -0.450 e. The molecule has 1 unspecified atom stereocenters. The van der Waals surface area contributed by atoms with E-state index in [-0.39, 0.29) is 0 Å². The lowest BCUT2D eigenvalue weighted by molar-refractivity contribution is 0.168. The molecule has 1 fully saturated rings. The third-order valence-corrected chi connectivity index (χ3v) is 3.73. The molecule has 21 heavy (non-hydrogen) atoms. The first-order valence-electron chi connectivity index (χ1n) is 7.63. The van der Waals surface area contributed by atoms with Crippen molar-refractivity contribution < 1.29 is 9.53 Å². The van der Waals surface area contributed by atoms with Gasteiger partial charge in [0.15, 0.2) is 0 Å². The van der Waals surface area contributed by atoms with E-state index >= 15 is 0 Å². The average molecular weight is 291 g/mol. The van der Waals surface area contributed by atoms with E-state index in [4.69, 9.17) is 4.74 Å². The van der Waals surface area contributed by atoms with Gasteiger partial charge in [0, 0.05) is 36.5 Å². The Bertz CT molecular complexity index is 459. The zero-order valence-corrected chi connectivity index (χ0v) is 13.1. The zero-order valence-electron chi connectivity index (χ0n) is 13.1. The number of hydrogen-bond donors (Lipinski definition) is 2. The lowest BCUT2D eigenvalue weighted by Crippen LogP contribution is -2.31. The number of nitrogens with one attached hydrogen (secondary N) is 2. The summed E-state index contributed by atoms with van der Waals surface area (Å²) in [5.41, 5.74) is 1.83. The molecule has 1 saturated heterocycles. The van der Waals surface area contributed by atoms with Gasteiger partial charge < -0.3 is 10.1 Å². The second-order valence-corrected chi connectivity index (χ2v) is 5.64.